The fourth-order valence-corrected chi connectivity index (χ4v) is 4.02. The summed E-state index contributed by atoms with van der Waals surface area (Å²) in [4.78, 5) is 20.8. The van der Waals surface area contributed by atoms with Gasteiger partial charge in [-0.1, -0.05) is 66.7 Å². The summed E-state index contributed by atoms with van der Waals surface area (Å²) in [6, 6.07) is 31.4. The number of pyridine rings is 2. The highest BCUT2D eigenvalue weighted by Crippen LogP contribution is 2.36. The summed E-state index contributed by atoms with van der Waals surface area (Å²) in [5.74, 6) is 0.769. The van der Waals surface area contributed by atoms with Crippen LogP contribution in [0.1, 0.15) is 5.69 Å². The molecule has 3 aromatic carbocycles. The van der Waals surface area contributed by atoms with Crippen LogP contribution in [0, 0.1) is 0 Å². The van der Waals surface area contributed by atoms with Crippen LogP contribution in [0.25, 0.3) is 33.2 Å². The highest BCUT2D eigenvalue weighted by Gasteiger charge is 2.13. The van der Waals surface area contributed by atoms with Crippen molar-refractivity contribution in [3.8, 4) is 22.4 Å². The van der Waals surface area contributed by atoms with Crippen molar-refractivity contribution in [1.29, 1.82) is 0 Å². The van der Waals surface area contributed by atoms with Gasteiger partial charge in [0, 0.05) is 22.8 Å². The van der Waals surface area contributed by atoms with Gasteiger partial charge in [-0.05, 0) is 46.8 Å². The maximum absolute atomic E-state index is 11.3. The Bertz CT molecular complexity index is 1450. The van der Waals surface area contributed by atoms with Crippen molar-refractivity contribution in [2.75, 3.05) is 10.6 Å². The molecule has 34 heavy (non-hydrogen) atoms. The molecule has 0 saturated carbocycles. The van der Waals surface area contributed by atoms with Crippen molar-refractivity contribution in [2.45, 2.75) is 6.54 Å². The Morgan fingerprint density at radius 3 is 2.41 bits per heavy atom. The molecule has 4 N–H and O–H groups in total. The first kappa shape index (κ1) is 21.2. The molecule has 0 aliphatic rings. The Labute approximate surface area is 197 Å². The van der Waals surface area contributed by atoms with E-state index in [2.05, 4.69) is 52.0 Å². The van der Waals surface area contributed by atoms with Gasteiger partial charge in [0.1, 0.15) is 5.82 Å². The first-order chi connectivity index (χ1) is 16.7. The minimum absolute atomic E-state index is 0.540. The second kappa shape index (κ2) is 9.42. The Morgan fingerprint density at radius 1 is 0.824 bits per heavy atom. The topological polar surface area (TPSA) is 92.9 Å². The molecule has 0 bridgehead atoms. The van der Waals surface area contributed by atoms with Crippen LogP contribution in [0.3, 0.4) is 0 Å². The number of amides is 2. The Hall–Kier alpha value is -4.71. The van der Waals surface area contributed by atoms with Crippen LogP contribution in [0.15, 0.2) is 103 Å². The van der Waals surface area contributed by atoms with E-state index in [0.29, 0.717) is 12.2 Å². The number of anilines is 2. The molecule has 5 aromatic rings. The number of hydrogen-bond acceptors (Lipinski definition) is 4. The van der Waals surface area contributed by atoms with E-state index in [4.69, 9.17) is 10.7 Å². The smallest absolute Gasteiger partial charge is 0.316 e. The van der Waals surface area contributed by atoms with Crippen molar-refractivity contribution < 1.29 is 4.79 Å². The van der Waals surface area contributed by atoms with Gasteiger partial charge in [0.25, 0.3) is 0 Å². The monoisotopic (exact) mass is 445 g/mol. The zero-order valence-electron chi connectivity index (χ0n) is 18.4. The lowest BCUT2D eigenvalue weighted by atomic mass is 9.97. The standard InChI is InChI=1S/C28H23N5O/c29-28(34)32-22-13-6-10-20(16-22)25-17-21-11-7-14-24(19-8-2-1-3-9-19)26(21)27(33-25)31-18-23-12-4-5-15-30-23/h1-17H,18H2,(H,31,33)(H3,29,32,34). The third-order valence-electron chi connectivity index (χ3n) is 5.53. The number of nitrogens with zero attached hydrogens (tertiary/aromatic N) is 2. The Balaban J connectivity index is 1.65. The van der Waals surface area contributed by atoms with Gasteiger partial charge in [-0.3, -0.25) is 4.98 Å². The number of carbonyl (C=O) groups is 1. The minimum atomic E-state index is -0.603. The lowest BCUT2D eigenvalue weighted by Crippen LogP contribution is -2.19. The van der Waals surface area contributed by atoms with E-state index in [0.717, 1.165) is 44.7 Å². The summed E-state index contributed by atoms with van der Waals surface area (Å²) in [5.41, 5.74) is 10.7. The Morgan fingerprint density at radius 2 is 1.62 bits per heavy atom. The summed E-state index contributed by atoms with van der Waals surface area (Å²) < 4.78 is 0. The molecule has 0 saturated heterocycles. The molecule has 166 valence electrons. The van der Waals surface area contributed by atoms with E-state index in [-0.39, 0.29) is 0 Å². The number of hydrogen-bond donors (Lipinski definition) is 3. The predicted octanol–water partition coefficient (Wildman–Crippen LogP) is 6.07. The first-order valence-electron chi connectivity index (χ1n) is 11.0. The summed E-state index contributed by atoms with van der Waals surface area (Å²) in [6.07, 6.45) is 1.78. The normalized spacial score (nSPS) is 10.7. The highest BCUT2D eigenvalue weighted by molar-refractivity contribution is 6.05. The predicted molar refractivity (Wildman–Crippen MR) is 137 cm³/mol. The number of rotatable bonds is 6. The second-order valence-corrected chi connectivity index (χ2v) is 7.87. The van der Waals surface area contributed by atoms with Crippen LogP contribution >= 0.6 is 0 Å². The van der Waals surface area contributed by atoms with Crippen molar-refractivity contribution in [1.82, 2.24) is 9.97 Å². The number of benzene rings is 3. The summed E-state index contributed by atoms with van der Waals surface area (Å²) in [6.45, 7) is 0.540. The van der Waals surface area contributed by atoms with E-state index < -0.39 is 6.03 Å². The number of fused-ring (bicyclic) bond motifs is 1. The lowest BCUT2D eigenvalue weighted by molar-refractivity contribution is 0.259. The average Bonchev–Trinajstić information content (AvgIpc) is 2.87. The number of primary amides is 1. The third kappa shape index (κ3) is 4.56. The molecule has 0 aliphatic carbocycles. The van der Waals surface area contributed by atoms with Crippen molar-refractivity contribution in [2.24, 2.45) is 5.73 Å². The van der Waals surface area contributed by atoms with E-state index >= 15 is 0 Å². The summed E-state index contributed by atoms with van der Waals surface area (Å²) in [5, 5.41) is 8.24. The van der Waals surface area contributed by atoms with E-state index in [1.165, 1.54) is 0 Å². The van der Waals surface area contributed by atoms with Gasteiger partial charge in [-0.15, -0.1) is 0 Å². The Kier molecular flexibility index (Phi) is 5.86. The molecule has 0 atom stereocenters. The van der Waals surface area contributed by atoms with Crippen LogP contribution in [0.5, 0.6) is 0 Å². The van der Waals surface area contributed by atoms with Crippen LogP contribution < -0.4 is 16.4 Å². The maximum atomic E-state index is 11.3. The second-order valence-electron chi connectivity index (χ2n) is 7.87. The van der Waals surface area contributed by atoms with Crippen molar-refractivity contribution >= 4 is 28.3 Å². The molecular weight excluding hydrogens is 422 g/mol. The van der Waals surface area contributed by atoms with E-state index in [9.17, 15) is 4.79 Å². The zero-order chi connectivity index (χ0) is 23.3. The fourth-order valence-electron chi connectivity index (χ4n) is 4.02. The quantitative estimate of drug-likeness (QED) is 0.296. The van der Waals surface area contributed by atoms with Gasteiger partial charge in [0.05, 0.1) is 17.9 Å². The highest BCUT2D eigenvalue weighted by atomic mass is 16.2. The number of urea groups is 1. The minimum Gasteiger partial charge on any atom is -0.364 e. The van der Waals surface area contributed by atoms with Gasteiger partial charge >= 0.3 is 6.03 Å². The number of nitrogens with one attached hydrogen (secondary N) is 2. The number of carbonyl (C=O) groups excluding carboxylic acids is 1. The van der Waals surface area contributed by atoms with Crippen LogP contribution in [-0.2, 0) is 6.54 Å². The van der Waals surface area contributed by atoms with Gasteiger partial charge < -0.3 is 16.4 Å². The maximum Gasteiger partial charge on any atom is 0.316 e. The average molecular weight is 446 g/mol. The molecule has 2 amide bonds. The molecule has 0 spiro atoms. The molecule has 0 aliphatic heterocycles. The molecule has 6 heteroatoms. The largest absolute Gasteiger partial charge is 0.364 e. The molecule has 5 rings (SSSR count). The molecule has 2 aromatic heterocycles. The van der Waals surface area contributed by atoms with Gasteiger partial charge in [0.2, 0.25) is 0 Å². The van der Waals surface area contributed by atoms with E-state index in [1.54, 1.807) is 12.3 Å². The molecule has 0 unspecified atom stereocenters. The van der Waals surface area contributed by atoms with Gasteiger partial charge in [-0.2, -0.15) is 0 Å². The lowest BCUT2D eigenvalue weighted by Gasteiger charge is -2.15. The van der Waals surface area contributed by atoms with Gasteiger partial charge in [-0.25, -0.2) is 9.78 Å². The van der Waals surface area contributed by atoms with Gasteiger partial charge in [0.15, 0.2) is 0 Å². The third-order valence-corrected chi connectivity index (χ3v) is 5.53. The van der Waals surface area contributed by atoms with Crippen LogP contribution in [0.2, 0.25) is 0 Å². The molecule has 6 nitrogen and oxygen atoms in total. The molecule has 0 fully saturated rings. The SMILES string of the molecule is NC(=O)Nc1cccc(-c2cc3cccc(-c4ccccc4)c3c(NCc3ccccn3)n2)c1. The van der Waals surface area contributed by atoms with Crippen molar-refractivity contribution in [3.63, 3.8) is 0 Å². The first-order valence-corrected chi connectivity index (χ1v) is 11.0. The zero-order valence-corrected chi connectivity index (χ0v) is 18.4. The van der Waals surface area contributed by atoms with Crippen LogP contribution in [0.4, 0.5) is 16.3 Å². The van der Waals surface area contributed by atoms with Crippen LogP contribution in [-0.4, -0.2) is 16.0 Å². The molecule has 0 radical (unpaired) electrons. The fraction of sp³-hybridized carbons (Fsp3) is 0.0357. The molecule has 2 heterocycles. The number of nitrogens with two attached hydrogens (primary N) is 1. The van der Waals surface area contributed by atoms with E-state index in [1.807, 2.05) is 54.6 Å². The molecular formula is C28H23N5O. The van der Waals surface area contributed by atoms with Crippen molar-refractivity contribution in [3.05, 3.63) is 109 Å². The summed E-state index contributed by atoms with van der Waals surface area (Å²) >= 11 is 0. The summed E-state index contributed by atoms with van der Waals surface area (Å²) in [7, 11) is 0. The number of aromatic nitrogens is 2.